The third-order valence-electron chi connectivity index (χ3n) is 3.15. The minimum atomic E-state index is -0.0320. The van der Waals surface area contributed by atoms with E-state index in [4.69, 9.17) is 5.73 Å². The topological polar surface area (TPSA) is 56.7 Å². The Morgan fingerprint density at radius 2 is 2.00 bits per heavy atom. The van der Waals surface area contributed by atoms with Crippen molar-refractivity contribution >= 4 is 11.8 Å². The van der Waals surface area contributed by atoms with E-state index < -0.39 is 0 Å². The predicted molar refractivity (Wildman–Crippen MR) is 83.8 cm³/mol. The molecule has 2 N–H and O–H groups in total. The van der Waals surface area contributed by atoms with Crippen molar-refractivity contribution in [3.63, 3.8) is 0 Å². The van der Waals surface area contributed by atoms with Crippen LogP contribution in [0.1, 0.15) is 37.7 Å². The molecule has 0 aliphatic heterocycles. The Balaban J connectivity index is 2.03. The first kappa shape index (κ1) is 15.1. The number of aromatic nitrogens is 3. The number of hydrogen-bond donors (Lipinski definition) is 1. The zero-order valence-corrected chi connectivity index (χ0v) is 12.9. The summed E-state index contributed by atoms with van der Waals surface area (Å²) in [4.78, 5) is 5.60. The molecule has 0 bridgehead atoms. The Labute approximate surface area is 124 Å². The lowest BCUT2D eigenvalue weighted by Crippen LogP contribution is -2.17. The van der Waals surface area contributed by atoms with Gasteiger partial charge in [-0.2, -0.15) is 5.10 Å². The largest absolute Gasteiger partial charge is 0.324 e. The molecule has 0 saturated carbocycles. The van der Waals surface area contributed by atoms with Crippen LogP contribution in [0, 0.1) is 0 Å². The molecule has 0 saturated heterocycles. The number of nitrogens with zero attached hydrogens (tertiary/aromatic N) is 3. The van der Waals surface area contributed by atoms with Crippen molar-refractivity contribution in [2.24, 2.45) is 5.73 Å². The van der Waals surface area contributed by atoms with Crippen LogP contribution in [0.25, 0.3) is 0 Å². The Morgan fingerprint density at radius 1 is 1.25 bits per heavy atom. The van der Waals surface area contributed by atoms with Crippen LogP contribution in [0.15, 0.2) is 35.5 Å². The number of hydrogen-bond acceptors (Lipinski definition) is 4. The maximum absolute atomic E-state index is 6.29. The molecule has 0 spiro atoms. The maximum Gasteiger partial charge on any atom is 0.138 e. The van der Waals surface area contributed by atoms with Gasteiger partial charge >= 0.3 is 0 Å². The lowest BCUT2D eigenvalue weighted by atomic mass is 10.0. The van der Waals surface area contributed by atoms with E-state index in [9.17, 15) is 0 Å². The molecule has 0 fully saturated rings. The van der Waals surface area contributed by atoms with Crippen molar-refractivity contribution in [2.75, 3.05) is 5.75 Å². The number of benzene rings is 1. The third-order valence-corrected chi connectivity index (χ3v) is 4.05. The Kier molecular flexibility index (Phi) is 5.61. The Hall–Kier alpha value is -1.33. The first-order valence-corrected chi connectivity index (χ1v) is 8.08. The minimum absolute atomic E-state index is 0.0320. The van der Waals surface area contributed by atoms with Gasteiger partial charge < -0.3 is 5.73 Å². The van der Waals surface area contributed by atoms with Crippen LogP contribution in [0.2, 0.25) is 0 Å². The summed E-state index contributed by atoms with van der Waals surface area (Å²) < 4.78 is 1.95. The molecule has 1 aromatic heterocycles. The highest BCUT2D eigenvalue weighted by Crippen LogP contribution is 2.21. The van der Waals surface area contributed by atoms with Crippen molar-refractivity contribution < 1.29 is 0 Å². The standard InChI is InChI=1S/C15H22N4S/c1-3-9-19-15(17-11-18-19)10-14(16)12-5-7-13(8-6-12)20-4-2/h5-8,11,14H,3-4,9-10,16H2,1-2H3. The van der Waals surface area contributed by atoms with Crippen LogP contribution >= 0.6 is 11.8 Å². The van der Waals surface area contributed by atoms with E-state index in [1.165, 1.54) is 4.90 Å². The van der Waals surface area contributed by atoms with Gasteiger partial charge in [0.1, 0.15) is 12.2 Å². The minimum Gasteiger partial charge on any atom is -0.324 e. The van der Waals surface area contributed by atoms with Crippen LogP contribution in [0.3, 0.4) is 0 Å². The molecular weight excluding hydrogens is 268 g/mol. The van der Waals surface area contributed by atoms with Gasteiger partial charge in [0.15, 0.2) is 0 Å². The molecule has 108 valence electrons. The van der Waals surface area contributed by atoms with E-state index in [-0.39, 0.29) is 6.04 Å². The molecule has 1 unspecified atom stereocenters. The van der Waals surface area contributed by atoms with Gasteiger partial charge in [0.05, 0.1) is 0 Å². The number of aryl methyl sites for hydroxylation is 1. The summed E-state index contributed by atoms with van der Waals surface area (Å²) in [6, 6.07) is 8.47. The third kappa shape index (κ3) is 3.84. The highest BCUT2D eigenvalue weighted by Gasteiger charge is 2.11. The lowest BCUT2D eigenvalue weighted by molar-refractivity contribution is 0.548. The summed E-state index contributed by atoms with van der Waals surface area (Å²) in [7, 11) is 0. The summed E-state index contributed by atoms with van der Waals surface area (Å²) in [6.45, 7) is 5.19. The molecule has 20 heavy (non-hydrogen) atoms. The van der Waals surface area contributed by atoms with E-state index >= 15 is 0 Å². The van der Waals surface area contributed by atoms with E-state index in [0.29, 0.717) is 0 Å². The van der Waals surface area contributed by atoms with Crippen LogP contribution in [0.5, 0.6) is 0 Å². The monoisotopic (exact) mass is 290 g/mol. The quantitative estimate of drug-likeness (QED) is 0.796. The fourth-order valence-corrected chi connectivity index (χ4v) is 2.80. The molecule has 4 nitrogen and oxygen atoms in total. The number of rotatable bonds is 7. The molecule has 2 aromatic rings. The van der Waals surface area contributed by atoms with Gasteiger partial charge in [-0.3, -0.25) is 4.68 Å². The second kappa shape index (κ2) is 7.45. The van der Waals surface area contributed by atoms with Crippen molar-refractivity contribution in [1.82, 2.24) is 14.8 Å². The second-order valence-electron chi connectivity index (χ2n) is 4.71. The van der Waals surface area contributed by atoms with Crippen LogP contribution < -0.4 is 5.73 Å². The molecule has 5 heteroatoms. The van der Waals surface area contributed by atoms with Crippen molar-refractivity contribution in [2.45, 2.75) is 44.2 Å². The van der Waals surface area contributed by atoms with Crippen LogP contribution in [0.4, 0.5) is 0 Å². The maximum atomic E-state index is 6.29. The number of thioether (sulfide) groups is 1. The molecule has 0 aliphatic rings. The predicted octanol–water partition coefficient (Wildman–Crippen LogP) is 3.04. The Bertz CT molecular complexity index is 521. The molecule has 1 heterocycles. The van der Waals surface area contributed by atoms with Gasteiger partial charge in [0, 0.05) is 23.9 Å². The summed E-state index contributed by atoms with van der Waals surface area (Å²) in [5, 5.41) is 4.24. The van der Waals surface area contributed by atoms with Crippen LogP contribution in [-0.4, -0.2) is 20.5 Å². The van der Waals surface area contributed by atoms with Crippen LogP contribution in [-0.2, 0) is 13.0 Å². The fraction of sp³-hybridized carbons (Fsp3) is 0.467. The fourth-order valence-electron chi connectivity index (χ4n) is 2.14. The molecule has 0 radical (unpaired) electrons. The molecular formula is C15H22N4S. The van der Waals surface area contributed by atoms with Gasteiger partial charge in [-0.25, -0.2) is 4.98 Å². The van der Waals surface area contributed by atoms with Gasteiger partial charge in [-0.05, 0) is 29.9 Å². The van der Waals surface area contributed by atoms with Crippen molar-refractivity contribution in [1.29, 1.82) is 0 Å². The smallest absolute Gasteiger partial charge is 0.138 e. The van der Waals surface area contributed by atoms with Gasteiger partial charge in [-0.15, -0.1) is 11.8 Å². The van der Waals surface area contributed by atoms with E-state index in [1.807, 2.05) is 16.4 Å². The van der Waals surface area contributed by atoms with Crippen molar-refractivity contribution in [3.05, 3.63) is 42.0 Å². The first-order chi connectivity index (χ1) is 9.74. The zero-order valence-electron chi connectivity index (χ0n) is 12.1. The summed E-state index contributed by atoms with van der Waals surface area (Å²) in [6.07, 6.45) is 3.38. The van der Waals surface area contributed by atoms with Gasteiger partial charge in [0.2, 0.25) is 0 Å². The average Bonchev–Trinajstić information content (AvgIpc) is 2.88. The lowest BCUT2D eigenvalue weighted by Gasteiger charge is -2.13. The summed E-state index contributed by atoms with van der Waals surface area (Å²) >= 11 is 1.84. The highest BCUT2D eigenvalue weighted by molar-refractivity contribution is 7.99. The average molecular weight is 290 g/mol. The number of nitrogens with two attached hydrogens (primary N) is 1. The van der Waals surface area contributed by atoms with E-state index in [0.717, 1.165) is 36.5 Å². The van der Waals surface area contributed by atoms with E-state index in [1.54, 1.807) is 6.33 Å². The molecule has 1 aromatic carbocycles. The molecule has 0 amide bonds. The molecule has 1 atom stereocenters. The second-order valence-corrected chi connectivity index (χ2v) is 6.05. The summed E-state index contributed by atoms with van der Waals surface area (Å²) in [5.41, 5.74) is 7.44. The molecule has 2 rings (SSSR count). The van der Waals surface area contributed by atoms with Crippen molar-refractivity contribution in [3.8, 4) is 0 Å². The van der Waals surface area contributed by atoms with Gasteiger partial charge in [-0.1, -0.05) is 26.0 Å². The first-order valence-electron chi connectivity index (χ1n) is 7.09. The zero-order chi connectivity index (χ0) is 14.4. The summed E-state index contributed by atoms with van der Waals surface area (Å²) in [5.74, 6) is 2.05. The van der Waals surface area contributed by atoms with E-state index in [2.05, 4.69) is 48.2 Å². The van der Waals surface area contributed by atoms with Gasteiger partial charge in [0.25, 0.3) is 0 Å². The SMILES string of the molecule is CCCn1ncnc1CC(N)c1ccc(SCC)cc1. The highest BCUT2D eigenvalue weighted by atomic mass is 32.2. The normalized spacial score (nSPS) is 12.6. The molecule has 0 aliphatic carbocycles. The Morgan fingerprint density at radius 3 is 2.65 bits per heavy atom.